The van der Waals surface area contributed by atoms with Crippen molar-refractivity contribution in [1.82, 2.24) is 5.32 Å². The Hall–Kier alpha value is -0.720. The molecule has 1 unspecified atom stereocenters. The van der Waals surface area contributed by atoms with E-state index < -0.39 is 0 Å². The van der Waals surface area contributed by atoms with E-state index in [1.165, 1.54) is 0 Å². The van der Waals surface area contributed by atoms with E-state index >= 15 is 0 Å². The third-order valence-corrected chi connectivity index (χ3v) is 2.50. The Morgan fingerprint density at radius 2 is 1.58 bits per heavy atom. The molecular weight excluding hydrogens is 285 g/mol. The first kappa shape index (κ1) is 20.6. The van der Waals surface area contributed by atoms with Crippen LogP contribution >= 0.6 is 24.8 Å². The van der Waals surface area contributed by atoms with E-state index in [1.807, 2.05) is 24.3 Å². The van der Waals surface area contributed by atoms with Gasteiger partial charge >= 0.3 is 0 Å². The quantitative estimate of drug-likeness (QED) is 0.281. The number of nitrogens with two attached hydrogens (primary N) is 3. The van der Waals surface area contributed by atoms with Crippen molar-refractivity contribution in [2.24, 2.45) is 11.5 Å². The smallest absolute Gasteiger partial charge is 0.0672 e. The predicted molar refractivity (Wildman–Crippen MR) is 88.1 cm³/mol. The Kier molecular flexibility index (Phi) is 13.4. The van der Waals surface area contributed by atoms with Gasteiger partial charge in [0.15, 0.2) is 0 Å². The van der Waals surface area contributed by atoms with E-state index in [0.717, 1.165) is 37.3 Å². The minimum atomic E-state index is -0.0833. The molecule has 0 fully saturated rings. The van der Waals surface area contributed by atoms with Gasteiger partial charge in [0.25, 0.3) is 0 Å². The molecule has 8 N–H and O–H groups in total. The van der Waals surface area contributed by atoms with E-state index in [1.54, 1.807) is 0 Å². The average molecular weight is 310 g/mol. The molecule has 7 heteroatoms. The van der Waals surface area contributed by atoms with Crippen LogP contribution in [0.4, 0.5) is 11.4 Å². The Labute approximate surface area is 127 Å². The highest BCUT2D eigenvalue weighted by Gasteiger charge is 1.96. The zero-order valence-electron chi connectivity index (χ0n) is 11.0. The lowest BCUT2D eigenvalue weighted by molar-refractivity contribution is 0.520. The van der Waals surface area contributed by atoms with Crippen molar-refractivity contribution in [2.45, 2.75) is 19.0 Å². The SMILES string of the molecule is Cl.Cl.NCC(N)NCCCCNc1ccc(N)cc1. The molecule has 112 valence electrons. The van der Waals surface area contributed by atoms with Crippen molar-refractivity contribution in [3.8, 4) is 0 Å². The Morgan fingerprint density at radius 3 is 2.16 bits per heavy atom. The molecular formula is C12H25Cl2N5. The van der Waals surface area contributed by atoms with Gasteiger partial charge in [-0.05, 0) is 43.7 Å². The van der Waals surface area contributed by atoms with Crippen molar-refractivity contribution in [2.75, 3.05) is 30.7 Å². The van der Waals surface area contributed by atoms with Crippen LogP contribution in [-0.2, 0) is 0 Å². The lowest BCUT2D eigenvalue weighted by Crippen LogP contribution is -2.43. The largest absolute Gasteiger partial charge is 0.399 e. The van der Waals surface area contributed by atoms with Crippen molar-refractivity contribution in [1.29, 1.82) is 0 Å². The van der Waals surface area contributed by atoms with Gasteiger partial charge < -0.3 is 27.8 Å². The van der Waals surface area contributed by atoms with Crippen LogP contribution < -0.4 is 27.8 Å². The fourth-order valence-corrected chi connectivity index (χ4v) is 1.45. The van der Waals surface area contributed by atoms with Gasteiger partial charge in [0.1, 0.15) is 0 Å². The first-order chi connectivity index (χ1) is 8.22. The lowest BCUT2D eigenvalue weighted by atomic mass is 10.2. The Balaban J connectivity index is 0. The summed E-state index contributed by atoms with van der Waals surface area (Å²) in [7, 11) is 0. The van der Waals surface area contributed by atoms with Crippen molar-refractivity contribution >= 4 is 36.2 Å². The summed E-state index contributed by atoms with van der Waals surface area (Å²) in [4.78, 5) is 0. The molecule has 0 saturated heterocycles. The second-order valence-electron chi connectivity index (χ2n) is 4.05. The summed E-state index contributed by atoms with van der Waals surface area (Å²) in [6, 6.07) is 7.75. The first-order valence-corrected chi connectivity index (χ1v) is 6.01. The molecule has 0 aliphatic heterocycles. The number of unbranched alkanes of at least 4 members (excludes halogenated alkanes) is 1. The van der Waals surface area contributed by atoms with E-state index in [2.05, 4.69) is 10.6 Å². The van der Waals surface area contributed by atoms with E-state index in [9.17, 15) is 0 Å². The summed E-state index contributed by atoms with van der Waals surface area (Å²) < 4.78 is 0. The van der Waals surface area contributed by atoms with Gasteiger partial charge in [0.2, 0.25) is 0 Å². The zero-order valence-corrected chi connectivity index (χ0v) is 12.6. The molecule has 1 aromatic carbocycles. The highest BCUT2D eigenvalue weighted by molar-refractivity contribution is 5.85. The lowest BCUT2D eigenvalue weighted by Gasteiger charge is -2.11. The molecule has 1 aromatic rings. The number of halogens is 2. The second-order valence-corrected chi connectivity index (χ2v) is 4.05. The number of anilines is 2. The standard InChI is InChI=1S/C12H23N5.2ClH/c13-9-12(15)17-8-2-1-7-16-11-5-3-10(14)4-6-11;;/h3-6,12,16-17H,1-2,7-9,13-15H2;2*1H. The molecule has 19 heavy (non-hydrogen) atoms. The molecule has 0 saturated carbocycles. The minimum Gasteiger partial charge on any atom is -0.399 e. The highest BCUT2D eigenvalue weighted by Crippen LogP contribution is 2.10. The number of hydrogen-bond acceptors (Lipinski definition) is 5. The molecule has 0 aliphatic rings. The number of rotatable bonds is 8. The fourth-order valence-electron chi connectivity index (χ4n) is 1.45. The van der Waals surface area contributed by atoms with Crippen LogP contribution in [0.25, 0.3) is 0 Å². The van der Waals surface area contributed by atoms with Gasteiger partial charge in [-0.2, -0.15) is 0 Å². The number of hydrogen-bond donors (Lipinski definition) is 5. The Bertz CT molecular complexity index is 307. The molecule has 0 aliphatic carbocycles. The summed E-state index contributed by atoms with van der Waals surface area (Å²) in [5.41, 5.74) is 18.5. The molecule has 1 rings (SSSR count). The first-order valence-electron chi connectivity index (χ1n) is 6.01. The van der Waals surface area contributed by atoms with Crippen molar-refractivity contribution < 1.29 is 0 Å². The van der Waals surface area contributed by atoms with E-state index in [4.69, 9.17) is 17.2 Å². The summed E-state index contributed by atoms with van der Waals surface area (Å²) in [5.74, 6) is 0. The van der Waals surface area contributed by atoms with Crippen molar-refractivity contribution in [3.63, 3.8) is 0 Å². The van der Waals surface area contributed by atoms with Crippen LogP contribution in [0.3, 0.4) is 0 Å². The van der Waals surface area contributed by atoms with Crippen LogP contribution in [0, 0.1) is 0 Å². The number of nitrogens with one attached hydrogen (secondary N) is 2. The van der Waals surface area contributed by atoms with E-state index in [-0.39, 0.29) is 31.0 Å². The molecule has 0 heterocycles. The maximum absolute atomic E-state index is 5.63. The van der Waals surface area contributed by atoms with Gasteiger partial charge in [0.05, 0.1) is 6.17 Å². The van der Waals surface area contributed by atoms with Crippen LogP contribution in [0.15, 0.2) is 24.3 Å². The molecule has 1 atom stereocenters. The molecule has 0 aromatic heterocycles. The summed E-state index contributed by atoms with van der Waals surface area (Å²) >= 11 is 0. The number of benzene rings is 1. The predicted octanol–water partition coefficient (Wildman–Crippen LogP) is 1.14. The van der Waals surface area contributed by atoms with Gasteiger partial charge in [-0.25, -0.2) is 0 Å². The maximum Gasteiger partial charge on any atom is 0.0672 e. The van der Waals surface area contributed by atoms with Gasteiger partial charge in [0, 0.05) is 24.5 Å². The summed E-state index contributed by atoms with van der Waals surface area (Å²) in [6.45, 7) is 2.33. The van der Waals surface area contributed by atoms with Gasteiger partial charge in [-0.3, -0.25) is 0 Å². The monoisotopic (exact) mass is 309 g/mol. The summed E-state index contributed by atoms with van der Waals surface area (Å²) in [6.07, 6.45) is 2.09. The highest BCUT2D eigenvalue weighted by atomic mass is 35.5. The van der Waals surface area contributed by atoms with Gasteiger partial charge in [-0.1, -0.05) is 0 Å². The molecule has 0 bridgehead atoms. The topological polar surface area (TPSA) is 102 Å². The second kappa shape index (κ2) is 12.3. The molecule has 5 nitrogen and oxygen atoms in total. The van der Waals surface area contributed by atoms with Crippen LogP contribution in [0.5, 0.6) is 0 Å². The Morgan fingerprint density at radius 1 is 1.00 bits per heavy atom. The zero-order chi connectivity index (χ0) is 12.5. The minimum absolute atomic E-state index is 0. The molecule has 0 radical (unpaired) electrons. The van der Waals surface area contributed by atoms with Crippen LogP contribution in [0.2, 0.25) is 0 Å². The molecule has 0 amide bonds. The third-order valence-electron chi connectivity index (χ3n) is 2.50. The fraction of sp³-hybridized carbons (Fsp3) is 0.500. The van der Waals surface area contributed by atoms with Gasteiger partial charge in [-0.15, -0.1) is 24.8 Å². The molecule has 0 spiro atoms. The average Bonchev–Trinajstić information content (AvgIpc) is 2.35. The number of nitrogen functional groups attached to an aromatic ring is 1. The third kappa shape index (κ3) is 9.81. The van der Waals surface area contributed by atoms with Crippen LogP contribution in [-0.4, -0.2) is 25.8 Å². The van der Waals surface area contributed by atoms with Crippen LogP contribution in [0.1, 0.15) is 12.8 Å². The van der Waals surface area contributed by atoms with Crippen molar-refractivity contribution in [3.05, 3.63) is 24.3 Å². The van der Waals surface area contributed by atoms with E-state index in [0.29, 0.717) is 6.54 Å². The summed E-state index contributed by atoms with van der Waals surface area (Å²) in [5, 5.41) is 6.48. The maximum atomic E-state index is 5.63. The normalized spacial score (nSPS) is 11.1.